The van der Waals surface area contributed by atoms with Crippen LogP contribution in [0.25, 0.3) is 0 Å². The summed E-state index contributed by atoms with van der Waals surface area (Å²) >= 11 is 0. The number of halogens is 3. The van der Waals surface area contributed by atoms with E-state index in [1.54, 1.807) is 0 Å². The molecule has 17 heavy (non-hydrogen) atoms. The minimum absolute atomic E-state index is 0.294. The summed E-state index contributed by atoms with van der Waals surface area (Å²) in [5, 5.41) is 7.23. The van der Waals surface area contributed by atoms with E-state index in [0.29, 0.717) is 6.54 Å². The lowest BCUT2D eigenvalue weighted by atomic mass is 10.2. The van der Waals surface area contributed by atoms with Crippen LogP contribution in [0.5, 0.6) is 5.88 Å². The van der Waals surface area contributed by atoms with Crippen molar-refractivity contribution >= 4 is 0 Å². The third kappa shape index (κ3) is 3.47. The molecular formula is C10H8F3N3O. The van der Waals surface area contributed by atoms with E-state index in [2.05, 4.69) is 14.9 Å². The molecule has 0 N–H and O–H groups in total. The SMILES string of the molecule is FC(F)(F)Oc1cnn(Cc2ccccc2)n1. The topological polar surface area (TPSA) is 39.9 Å². The van der Waals surface area contributed by atoms with Crippen molar-refractivity contribution in [3.63, 3.8) is 0 Å². The van der Waals surface area contributed by atoms with Gasteiger partial charge in [0.05, 0.1) is 6.54 Å². The fourth-order valence-electron chi connectivity index (χ4n) is 1.27. The Labute approximate surface area is 94.6 Å². The fraction of sp³-hybridized carbons (Fsp3) is 0.200. The predicted molar refractivity (Wildman–Crippen MR) is 52.2 cm³/mol. The summed E-state index contributed by atoms with van der Waals surface area (Å²) in [5.74, 6) is -0.562. The van der Waals surface area contributed by atoms with Gasteiger partial charge in [-0.15, -0.1) is 18.3 Å². The maximum Gasteiger partial charge on any atom is 0.574 e. The molecule has 1 aromatic carbocycles. The van der Waals surface area contributed by atoms with Crippen LogP contribution in [0.15, 0.2) is 36.5 Å². The molecule has 0 saturated heterocycles. The van der Waals surface area contributed by atoms with Crippen LogP contribution in [0.3, 0.4) is 0 Å². The third-order valence-electron chi connectivity index (χ3n) is 1.90. The second-order valence-electron chi connectivity index (χ2n) is 3.25. The second-order valence-corrected chi connectivity index (χ2v) is 3.25. The molecule has 4 nitrogen and oxygen atoms in total. The molecule has 90 valence electrons. The van der Waals surface area contributed by atoms with Crippen molar-refractivity contribution in [3.05, 3.63) is 42.1 Å². The molecule has 0 bridgehead atoms. The smallest absolute Gasteiger partial charge is 0.384 e. The fourth-order valence-corrected chi connectivity index (χ4v) is 1.27. The number of aromatic nitrogens is 3. The van der Waals surface area contributed by atoms with Gasteiger partial charge in [0.15, 0.2) is 0 Å². The lowest BCUT2D eigenvalue weighted by Gasteiger charge is -2.04. The molecule has 2 aromatic rings. The van der Waals surface area contributed by atoms with Crippen molar-refractivity contribution in [2.45, 2.75) is 12.9 Å². The first kappa shape index (κ1) is 11.4. The van der Waals surface area contributed by atoms with Crippen molar-refractivity contribution in [1.82, 2.24) is 15.0 Å². The summed E-state index contributed by atoms with van der Waals surface area (Å²) in [4.78, 5) is 1.14. The van der Waals surface area contributed by atoms with Crippen molar-refractivity contribution in [2.75, 3.05) is 0 Å². The van der Waals surface area contributed by atoms with E-state index in [-0.39, 0.29) is 0 Å². The standard InChI is InChI=1S/C10H8F3N3O/c11-10(12,13)17-9-6-14-16(15-9)7-8-4-2-1-3-5-8/h1-6H,7H2. The van der Waals surface area contributed by atoms with E-state index >= 15 is 0 Å². The van der Waals surface area contributed by atoms with E-state index in [1.807, 2.05) is 30.3 Å². The summed E-state index contributed by atoms with van der Waals surface area (Å²) in [6, 6.07) is 9.15. The molecule has 0 unspecified atom stereocenters. The van der Waals surface area contributed by atoms with Crippen LogP contribution in [-0.4, -0.2) is 21.4 Å². The number of alkyl halides is 3. The number of hydrogen-bond acceptors (Lipinski definition) is 3. The lowest BCUT2D eigenvalue weighted by molar-refractivity contribution is -0.276. The summed E-state index contributed by atoms with van der Waals surface area (Å²) in [6.07, 6.45) is -3.82. The first-order valence-electron chi connectivity index (χ1n) is 4.73. The van der Waals surface area contributed by atoms with Crippen molar-refractivity contribution in [3.8, 4) is 5.88 Å². The Bertz CT molecular complexity index is 481. The van der Waals surface area contributed by atoms with Gasteiger partial charge in [-0.05, 0) is 5.56 Å². The molecule has 0 aliphatic heterocycles. The Balaban J connectivity index is 2.04. The third-order valence-corrected chi connectivity index (χ3v) is 1.90. The summed E-state index contributed by atoms with van der Waals surface area (Å²) in [7, 11) is 0. The lowest BCUT2D eigenvalue weighted by Crippen LogP contribution is -2.17. The molecule has 2 rings (SSSR count). The molecule has 0 aliphatic carbocycles. The van der Waals surface area contributed by atoms with Crippen LogP contribution in [0.2, 0.25) is 0 Å². The zero-order valence-corrected chi connectivity index (χ0v) is 8.55. The first-order chi connectivity index (χ1) is 8.03. The number of ether oxygens (including phenoxy) is 1. The van der Waals surface area contributed by atoms with E-state index < -0.39 is 12.2 Å². The Morgan fingerprint density at radius 2 is 1.88 bits per heavy atom. The number of benzene rings is 1. The van der Waals surface area contributed by atoms with Crippen molar-refractivity contribution in [1.29, 1.82) is 0 Å². The molecule has 0 atom stereocenters. The molecule has 0 saturated carbocycles. The molecule has 0 radical (unpaired) electrons. The average molecular weight is 243 g/mol. The molecule has 1 aromatic heterocycles. The van der Waals surface area contributed by atoms with E-state index in [4.69, 9.17) is 0 Å². The molecule has 0 aliphatic rings. The van der Waals surface area contributed by atoms with Crippen LogP contribution in [-0.2, 0) is 6.54 Å². The first-order valence-corrected chi connectivity index (χ1v) is 4.73. The van der Waals surface area contributed by atoms with Crippen LogP contribution in [0, 0.1) is 0 Å². The van der Waals surface area contributed by atoms with Crippen LogP contribution in [0.1, 0.15) is 5.56 Å². The minimum atomic E-state index is -4.74. The normalized spacial score (nSPS) is 11.5. The van der Waals surface area contributed by atoms with Gasteiger partial charge in [-0.25, -0.2) is 0 Å². The highest BCUT2D eigenvalue weighted by Gasteiger charge is 2.32. The molecule has 0 spiro atoms. The van der Waals surface area contributed by atoms with E-state index in [9.17, 15) is 13.2 Å². The minimum Gasteiger partial charge on any atom is -0.384 e. The van der Waals surface area contributed by atoms with Gasteiger partial charge in [0.25, 0.3) is 5.88 Å². The quantitative estimate of drug-likeness (QED) is 0.829. The number of nitrogens with zero attached hydrogens (tertiary/aromatic N) is 3. The van der Waals surface area contributed by atoms with Crippen molar-refractivity contribution in [2.24, 2.45) is 0 Å². The monoisotopic (exact) mass is 243 g/mol. The highest BCUT2D eigenvalue weighted by atomic mass is 19.4. The molecular weight excluding hydrogens is 235 g/mol. The van der Waals surface area contributed by atoms with Gasteiger partial charge in [0.1, 0.15) is 6.20 Å². The Morgan fingerprint density at radius 3 is 2.53 bits per heavy atom. The predicted octanol–water partition coefficient (Wildman–Crippen LogP) is 2.22. The van der Waals surface area contributed by atoms with Gasteiger partial charge in [-0.3, -0.25) is 0 Å². The number of rotatable bonds is 3. The Kier molecular flexibility index (Phi) is 2.99. The summed E-state index contributed by atoms with van der Waals surface area (Å²) in [5.41, 5.74) is 0.890. The zero-order valence-electron chi connectivity index (χ0n) is 8.55. The van der Waals surface area contributed by atoms with Crippen LogP contribution >= 0.6 is 0 Å². The second kappa shape index (κ2) is 4.44. The molecule has 0 fully saturated rings. The maximum atomic E-state index is 11.9. The van der Waals surface area contributed by atoms with Gasteiger partial charge < -0.3 is 4.74 Å². The van der Waals surface area contributed by atoms with E-state index in [0.717, 1.165) is 16.6 Å². The Morgan fingerprint density at radius 1 is 1.18 bits per heavy atom. The van der Waals surface area contributed by atoms with Gasteiger partial charge in [-0.1, -0.05) is 30.3 Å². The highest BCUT2D eigenvalue weighted by molar-refractivity contribution is 5.14. The van der Waals surface area contributed by atoms with Gasteiger partial charge in [0, 0.05) is 0 Å². The Hall–Kier alpha value is -2.05. The molecule has 1 heterocycles. The maximum absolute atomic E-state index is 11.9. The largest absolute Gasteiger partial charge is 0.574 e. The van der Waals surface area contributed by atoms with Gasteiger partial charge in [-0.2, -0.15) is 9.90 Å². The van der Waals surface area contributed by atoms with Gasteiger partial charge in [0.2, 0.25) is 0 Å². The van der Waals surface area contributed by atoms with Crippen LogP contribution in [0.4, 0.5) is 13.2 Å². The van der Waals surface area contributed by atoms with Crippen LogP contribution < -0.4 is 4.74 Å². The zero-order chi connectivity index (χ0) is 12.3. The number of hydrogen-bond donors (Lipinski definition) is 0. The molecule has 7 heteroatoms. The summed E-state index contributed by atoms with van der Waals surface area (Å²) < 4.78 is 39.3. The van der Waals surface area contributed by atoms with E-state index in [1.165, 1.54) is 0 Å². The van der Waals surface area contributed by atoms with Gasteiger partial charge >= 0.3 is 6.36 Å². The summed E-state index contributed by atoms with van der Waals surface area (Å²) in [6.45, 7) is 0.294. The van der Waals surface area contributed by atoms with Crippen molar-refractivity contribution < 1.29 is 17.9 Å². The molecule has 0 amide bonds. The average Bonchev–Trinajstić information content (AvgIpc) is 2.64. The highest BCUT2D eigenvalue weighted by Crippen LogP contribution is 2.19.